The van der Waals surface area contributed by atoms with Crippen molar-refractivity contribution in [2.45, 2.75) is 32.2 Å². The van der Waals surface area contributed by atoms with Gasteiger partial charge in [-0.15, -0.1) is 0 Å². The summed E-state index contributed by atoms with van der Waals surface area (Å²) < 4.78 is 12.8. The first-order valence-corrected chi connectivity index (χ1v) is 7.28. The zero-order valence-electron chi connectivity index (χ0n) is 12.7. The van der Waals surface area contributed by atoms with Crippen LogP contribution in [0.1, 0.15) is 31.6 Å². The molecule has 1 aromatic carbocycles. The van der Waals surface area contributed by atoms with Crippen molar-refractivity contribution < 1.29 is 9.47 Å². The van der Waals surface area contributed by atoms with Crippen molar-refractivity contribution in [2.75, 3.05) is 20.0 Å². The van der Waals surface area contributed by atoms with Gasteiger partial charge in [0.25, 0.3) is 0 Å². The Morgan fingerprint density at radius 2 is 1.95 bits per heavy atom. The van der Waals surface area contributed by atoms with E-state index in [1.165, 1.54) is 12.8 Å². The average Bonchev–Trinajstić information content (AvgIpc) is 3.29. The number of imidazole rings is 1. The van der Waals surface area contributed by atoms with Crippen LogP contribution < -0.4 is 15.2 Å². The SMILES string of the molecule is CCc1nc(-c2ccc(OC)c(OC)c2)c(N)n1C1CC1. The van der Waals surface area contributed by atoms with Crippen LogP contribution >= 0.6 is 0 Å². The number of hydrogen-bond donors (Lipinski definition) is 1. The first kappa shape index (κ1) is 13.8. The highest BCUT2D eigenvalue weighted by molar-refractivity contribution is 5.73. The second-order valence-corrected chi connectivity index (χ2v) is 5.29. The van der Waals surface area contributed by atoms with Crippen molar-refractivity contribution >= 4 is 5.82 Å². The first-order valence-electron chi connectivity index (χ1n) is 7.28. The summed E-state index contributed by atoms with van der Waals surface area (Å²) in [5.41, 5.74) is 8.13. The summed E-state index contributed by atoms with van der Waals surface area (Å²) in [5, 5.41) is 0. The van der Waals surface area contributed by atoms with Gasteiger partial charge < -0.3 is 19.8 Å². The third-order valence-corrected chi connectivity index (χ3v) is 3.91. The minimum atomic E-state index is 0.529. The van der Waals surface area contributed by atoms with Gasteiger partial charge in [0.1, 0.15) is 17.3 Å². The average molecular weight is 287 g/mol. The molecular formula is C16H21N3O2. The number of rotatable bonds is 5. The van der Waals surface area contributed by atoms with Crippen LogP contribution in [0.3, 0.4) is 0 Å². The number of nitrogens with two attached hydrogens (primary N) is 1. The van der Waals surface area contributed by atoms with Crippen molar-refractivity contribution in [3.63, 3.8) is 0 Å². The standard InChI is InChI=1S/C16H21N3O2/c1-4-14-18-15(16(17)19(14)11-6-7-11)10-5-8-12(20-2)13(9-10)21-3/h5,8-9,11H,4,6-7,17H2,1-3H3. The van der Waals surface area contributed by atoms with E-state index in [0.717, 1.165) is 29.3 Å². The molecule has 0 bridgehead atoms. The van der Waals surface area contributed by atoms with Gasteiger partial charge in [-0.1, -0.05) is 6.92 Å². The van der Waals surface area contributed by atoms with Gasteiger partial charge in [-0.3, -0.25) is 0 Å². The van der Waals surface area contributed by atoms with Crippen LogP contribution in [0.25, 0.3) is 11.3 Å². The van der Waals surface area contributed by atoms with E-state index in [9.17, 15) is 0 Å². The molecule has 1 heterocycles. The fourth-order valence-corrected chi connectivity index (χ4v) is 2.68. The highest BCUT2D eigenvalue weighted by atomic mass is 16.5. The zero-order valence-corrected chi connectivity index (χ0v) is 12.7. The predicted octanol–water partition coefficient (Wildman–Crippen LogP) is 3.05. The first-order chi connectivity index (χ1) is 10.2. The molecule has 0 radical (unpaired) electrons. The van der Waals surface area contributed by atoms with Crippen LogP contribution in [0.4, 0.5) is 5.82 Å². The van der Waals surface area contributed by atoms with Gasteiger partial charge >= 0.3 is 0 Å². The number of anilines is 1. The van der Waals surface area contributed by atoms with Crippen molar-refractivity contribution in [2.24, 2.45) is 0 Å². The van der Waals surface area contributed by atoms with E-state index >= 15 is 0 Å². The largest absolute Gasteiger partial charge is 0.493 e. The van der Waals surface area contributed by atoms with Crippen LogP contribution in [-0.2, 0) is 6.42 Å². The minimum Gasteiger partial charge on any atom is -0.493 e. The Kier molecular flexibility index (Phi) is 3.49. The Bertz CT molecular complexity index is 660. The molecule has 0 aliphatic heterocycles. The maximum absolute atomic E-state index is 6.34. The van der Waals surface area contributed by atoms with E-state index in [1.807, 2.05) is 18.2 Å². The third-order valence-electron chi connectivity index (χ3n) is 3.91. The van der Waals surface area contributed by atoms with Crippen LogP contribution in [0.5, 0.6) is 11.5 Å². The smallest absolute Gasteiger partial charge is 0.161 e. The van der Waals surface area contributed by atoms with E-state index in [0.29, 0.717) is 17.5 Å². The molecule has 0 amide bonds. The van der Waals surface area contributed by atoms with Crippen molar-refractivity contribution in [1.82, 2.24) is 9.55 Å². The van der Waals surface area contributed by atoms with Gasteiger partial charge in [0.2, 0.25) is 0 Å². The number of nitrogen functional groups attached to an aromatic ring is 1. The minimum absolute atomic E-state index is 0.529. The van der Waals surface area contributed by atoms with Crippen molar-refractivity contribution in [1.29, 1.82) is 0 Å². The molecule has 1 saturated carbocycles. The number of ether oxygens (including phenoxy) is 2. The fraction of sp³-hybridized carbons (Fsp3) is 0.438. The van der Waals surface area contributed by atoms with Crippen LogP contribution in [0, 0.1) is 0 Å². The molecule has 0 unspecified atom stereocenters. The van der Waals surface area contributed by atoms with Gasteiger partial charge in [-0.25, -0.2) is 4.98 Å². The molecule has 2 N–H and O–H groups in total. The van der Waals surface area contributed by atoms with Crippen molar-refractivity contribution in [3.05, 3.63) is 24.0 Å². The van der Waals surface area contributed by atoms with Gasteiger partial charge in [0, 0.05) is 18.0 Å². The van der Waals surface area contributed by atoms with Crippen molar-refractivity contribution in [3.8, 4) is 22.8 Å². The Hall–Kier alpha value is -2.17. The molecule has 21 heavy (non-hydrogen) atoms. The summed E-state index contributed by atoms with van der Waals surface area (Å²) in [7, 11) is 3.26. The lowest BCUT2D eigenvalue weighted by molar-refractivity contribution is 0.355. The van der Waals surface area contributed by atoms with E-state index in [-0.39, 0.29) is 0 Å². The molecule has 112 valence electrons. The van der Waals surface area contributed by atoms with E-state index in [1.54, 1.807) is 14.2 Å². The Labute approximate surface area is 124 Å². The molecule has 1 fully saturated rings. The molecule has 5 heteroatoms. The summed E-state index contributed by atoms with van der Waals surface area (Å²) in [5.74, 6) is 3.20. The second-order valence-electron chi connectivity index (χ2n) is 5.29. The number of hydrogen-bond acceptors (Lipinski definition) is 4. The number of nitrogens with zero attached hydrogens (tertiary/aromatic N) is 2. The topological polar surface area (TPSA) is 62.3 Å². The number of methoxy groups -OCH3 is 2. The molecule has 1 aliphatic rings. The molecule has 1 aromatic heterocycles. The lowest BCUT2D eigenvalue weighted by atomic mass is 10.1. The summed E-state index contributed by atoms with van der Waals surface area (Å²) in [6.45, 7) is 2.11. The molecule has 0 atom stereocenters. The molecule has 1 aliphatic carbocycles. The quantitative estimate of drug-likeness (QED) is 0.918. The highest BCUT2D eigenvalue weighted by Gasteiger charge is 2.29. The monoisotopic (exact) mass is 287 g/mol. The van der Waals surface area contributed by atoms with E-state index < -0.39 is 0 Å². The molecule has 0 saturated heterocycles. The maximum Gasteiger partial charge on any atom is 0.161 e. The number of aromatic nitrogens is 2. The molecule has 3 rings (SSSR count). The second kappa shape index (κ2) is 5.31. The Morgan fingerprint density at radius 3 is 2.52 bits per heavy atom. The molecule has 2 aromatic rings. The maximum atomic E-state index is 6.34. The lowest BCUT2D eigenvalue weighted by Gasteiger charge is -2.09. The lowest BCUT2D eigenvalue weighted by Crippen LogP contribution is -2.04. The Morgan fingerprint density at radius 1 is 1.24 bits per heavy atom. The van der Waals surface area contributed by atoms with Crippen LogP contribution in [0.2, 0.25) is 0 Å². The van der Waals surface area contributed by atoms with E-state index in [2.05, 4.69) is 11.5 Å². The zero-order chi connectivity index (χ0) is 15.0. The third kappa shape index (κ3) is 2.33. The molecule has 5 nitrogen and oxygen atoms in total. The van der Waals surface area contributed by atoms with Crippen LogP contribution in [-0.4, -0.2) is 23.8 Å². The summed E-state index contributed by atoms with van der Waals surface area (Å²) >= 11 is 0. The van der Waals surface area contributed by atoms with Gasteiger partial charge in [0.05, 0.1) is 14.2 Å². The molecular weight excluding hydrogens is 266 g/mol. The number of benzene rings is 1. The van der Waals surface area contributed by atoms with Gasteiger partial charge in [-0.05, 0) is 31.0 Å². The fourth-order valence-electron chi connectivity index (χ4n) is 2.68. The normalized spacial score (nSPS) is 14.2. The predicted molar refractivity (Wildman–Crippen MR) is 82.8 cm³/mol. The van der Waals surface area contributed by atoms with Gasteiger partial charge in [0.15, 0.2) is 11.5 Å². The Balaban J connectivity index is 2.08. The van der Waals surface area contributed by atoms with E-state index in [4.69, 9.17) is 20.2 Å². The molecule has 0 spiro atoms. The highest BCUT2D eigenvalue weighted by Crippen LogP contribution is 2.42. The summed E-state index contributed by atoms with van der Waals surface area (Å²) in [6, 6.07) is 6.31. The number of aryl methyl sites for hydroxylation is 1. The summed E-state index contributed by atoms with van der Waals surface area (Å²) in [6.07, 6.45) is 3.27. The summed E-state index contributed by atoms with van der Waals surface area (Å²) in [4.78, 5) is 4.73. The van der Waals surface area contributed by atoms with Crippen LogP contribution in [0.15, 0.2) is 18.2 Å². The van der Waals surface area contributed by atoms with Gasteiger partial charge in [-0.2, -0.15) is 0 Å².